The SMILES string of the molecule is CNCCN(C)C(=S)OCc1ccc(O)c(OC)c1. The highest BCUT2D eigenvalue weighted by atomic mass is 32.1. The summed E-state index contributed by atoms with van der Waals surface area (Å²) in [5.41, 5.74) is 0.888. The van der Waals surface area contributed by atoms with Gasteiger partial charge in [-0.15, -0.1) is 0 Å². The second kappa shape index (κ2) is 7.81. The zero-order valence-corrected chi connectivity index (χ0v) is 12.3. The number of thiocarbonyl (C=S) groups is 1. The summed E-state index contributed by atoms with van der Waals surface area (Å²) in [6.45, 7) is 1.97. The summed E-state index contributed by atoms with van der Waals surface area (Å²) in [6.07, 6.45) is 0. The molecule has 0 fully saturated rings. The summed E-state index contributed by atoms with van der Waals surface area (Å²) in [5.74, 6) is 0.538. The Balaban J connectivity index is 2.50. The molecular formula is C13H20N2O3S. The zero-order chi connectivity index (χ0) is 14.3. The average molecular weight is 284 g/mol. The van der Waals surface area contributed by atoms with Crippen molar-refractivity contribution < 1.29 is 14.6 Å². The van der Waals surface area contributed by atoms with Gasteiger partial charge in [-0.2, -0.15) is 0 Å². The van der Waals surface area contributed by atoms with Crippen LogP contribution in [-0.4, -0.2) is 49.5 Å². The molecule has 0 unspecified atom stereocenters. The van der Waals surface area contributed by atoms with Gasteiger partial charge in [0.05, 0.1) is 7.11 Å². The van der Waals surface area contributed by atoms with Crippen molar-refractivity contribution >= 4 is 17.4 Å². The molecule has 5 nitrogen and oxygen atoms in total. The highest BCUT2D eigenvalue weighted by Gasteiger charge is 2.07. The topological polar surface area (TPSA) is 54.0 Å². The smallest absolute Gasteiger partial charge is 0.259 e. The maximum atomic E-state index is 9.49. The summed E-state index contributed by atoms with van der Waals surface area (Å²) >= 11 is 5.17. The van der Waals surface area contributed by atoms with Crippen molar-refractivity contribution in [2.45, 2.75) is 6.61 Å². The fourth-order valence-electron chi connectivity index (χ4n) is 1.44. The van der Waals surface area contributed by atoms with Gasteiger partial charge in [0.1, 0.15) is 6.61 Å². The van der Waals surface area contributed by atoms with E-state index in [1.165, 1.54) is 7.11 Å². The van der Waals surface area contributed by atoms with Crippen LogP contribution < -0.4 is 10.1 Å². The van der Waals surface area contributed by atoms with Gasteiger partial charge in [0.15, 0.2) is 11.5 Å². The Hall–Kier alpha value is -1.53. The lowest BCUT2D eigenvalue weighted by atomic mass is 10.2. The molecule has 0 amide bonds. The Morgan fingerprint density at radius 1 is 1.47 bits per heavy atom. The van der Waals surface area contributed by atoms with E-state index < -0.39 is 0 Å². The lowest BCUT2D eigenvalue weighted by molar-refractivity contribution is 0.245. The molecule has 1 aromatic rings. The Morgan fingerprint density at radius 2 is 2.21 bits per heavy atom. The van der Waals surface area contributed by atoms with Crippen molar-refractivity contribution in [2.24, 2.45) is 0 Å². The van der Waals surface area contributed by atoms with E-state index in [4.69, 9.17) is 21.7 Å². The molecule has 0 aliphatic heterocycles. The maximum absolute atomic E-state index is 9.49. The van der Waals surface area contributed by atoms with Crippen LogP contribution in [0.3, 0.4) is 0 Å². The van der Waals surface area contributed by atoms with Crippen LogP contribution in [0, 0.1) is 0 Å². The molecule has 0 aromatic heterocycles. The molecule has 0 radical (unpaired) electrons. The van der Waals surface area contributed by atoms with Gasteiger partial charge in [-0.05, 0) is 37.0 Å². The summed E-state index contributed by atoms with van der Waals surface area (Å²) in [7, 11) is 5.29. The van der Waals surface area contributed by atoms with Crippen LogP contribution >= 0.6 is 12.2 Å². The molecule has 0 atom stereocenters. The van der Waals surface area contributed by atoms with E-state index in [0.29, 0.717) is 17.5 Å². The van der Waals surface area contributed by atoms with Crippen LogP contribution in [0.15, 0.2) is 18.2 Å². The van der Waals surface area contributed by atoms with E-state index in [1.807, 2.05) is 19.0 Å². The van der Waals surface area contributed by atoms with Gasteiger partial charge in [-0.3, -0.25) is 0 Å². The van der Waals surface area contributed by atoms with Crippen molar-refractivity contribution in [3.05, 3.63) is 23.8 Å². The fourth-order valence-corrected chi connectivity index (χ4v) is 1.59. The summed E-state index contributed by atoms with van der Waals surface area (Å²) in [6, 6.07) is 5.07. The number of nitrogens with one attached hydrogen (secondary N) is 1. The predicted molar refractivity (Wildman–Crippen MR) is 78.6 cm³/mol. The molecule has 19 heavy (non-hydrogen) atoms. The number of ether oxygens (including phenoxy) is 2. The Morgan fingerprint density at radius 3 is 2.84 bits per heavy atom. The second-order valence-electron chi connectivity index (χ2n) is 4.09. The van der Waals surface area contributed by atoms with Crippen LogP contribution in [0.4, 0.5) is 0 Å². The molecule has 106 valence electrons. The largest absolute Gasteiger partial charge is 0.504 e. The third-order valence-electron chi connectivity index (χ3n) is 2.62. The van der Waals surface area contributed by atoms with Crippen molar-refractivity contribution in [1.82, 2.24) is 10.2 Å². The van der Waals surface area contributed by atoms with E-state index in [9.17, 15) is 5.11 Å². The quantitative estimate of drug-likeness (QED) is 0.769. The third kappa shape index (κ3) is 4.92. The van der Waals surface area contributed by atoms with Crippen LogP contribution in [0.1, 0.15) is 5.56 Å². The van der Waals surface area contributed by atoms with E-state index >= 15 is 0 Å². The average Bonchev–Trinajstić information content (AvgIpc) is 2.43. The number of aromatic hydroxyl groups is 1. The van der Waals surface area contributed by atoms with Crippen LogP contribution in [0.2, 0.25) is 0 Å². The van der Waals surface area contributed by atoms with E-state index in [0.717, 1.165) is 18.7 Å². The normalized spacial score (nSPS) is 10.1. The first-order valence-corrected chi connectivity index (χ1v) is 6.37. The molecule has 6 heteroatoms. The number of hydrogen-bond acceptors (Lipinski definition) is 5. The molecule has 1 aromatic carbocycles. The van der Waals surface area contributed by atoms with Gasteiger partial charge in [0.25, 0.3) is 5.17 Å². The second-order valence-corrected chi connectivity index (χ2v) is 4.44. The van der Waals surface area contributed by atoms with Crippen LogP contribution in [0.25, 0.3) is 0 Å². The van der Waals surface area contributed by atoms with Crippen LogP contribution in [0.5, 0.6) is 11.5 Å². The predicted octanol–water partition coefficient (Wildman–Crippen LogP) is 1.35. The molecule has 0 aliphatic rings. The minimum atomic E-state index is 0.111. The summed E-state index contributed by atoms with van der Waals surface area (Å²) in [5, 5.41) is 13.0. The van der Waals surface area contributed by atoms with Gasteiger partial charge < -0.3 is 24.8 Å². The maximum Gasteiger partial charge on any atom is 0.259 e. The number of benzene rings is 1. The van der Waals surface area contributed by atoms with Crippen molar-refractivity contribution in [2.75, 3.05) is 34.3 Å². The standard InChI is InChI=1S/C13H20N2O3S/c1-14-6-7-15(2)13(19)18-9-10-4-5-11(16)12(8-10)17-3/h4-5,8,14,16H,6-7,9H2,1-3H3. The lowest BCUT2D eigenvalue weighted by Crippen LogP contribution is -2.32. The lowest BCUT2D eigenvalue weighted by Gasteiger charge is -2.19. The van der Waals surface area contributed by atoms with Crippen molar-refractivity contribution in [3.63, 3.8) is 0 Å². The van der Waals surface area contributed by atoms with Crippen molar-refractivity contribution in [3.8, 4) is 11.5 Å². The van der Waals surface area contributed by atoms with Gasteiger partial charge >= 0.3 is 0 Å². The Labute approximate surface area is 119 Å². The first-order chi connectivity index (χ1) is 9.08. The molecule has 0 saturated carbocycles. The summed E-state index contributed by atoms with van der Waals surface area (Å²) < 4.78 is 10.6. The third-order valence-corrected chi connectivity index (χ3v) is 3.04. The Kier molecular flexibility index (Phi) is 6.38. The van der Waals surface area contributed by atoms with Gasteiger partial charge in [0, 0.05) is 20.1 Å². The molecule has 2 N–H and O–H groups in total. The Bertz CT molecular complexity index is 426. The number of hydrogen-bond donors (Lipinski definition) is 2. The minimum absolute atomic E-state index is 0.111. The number of methoxy groups -OCH3 is 1. The first-order valence-electron chi connectivity index (χ1n) is 5.97. The minimum Gasteiger partial charge on any atom is -0.504 e. The van der Waals surface area contributed by atoms with Crippen LogP contribution in [-0.2, 0) is 11.3 Å². The molecule has 1 rings (SSSR count). The molecule has 0 saturated heterocycles. The summed E-state index contributed by atoms with van der Waals surface area (Å²) in [4.78, 5) is 1.86. The highest BCUT2D eigenvalue weighted by Crippen LogP contribution is 2.26. The number of phenolic OH excluding ortho intramolecular Hbond substituents is 1. The number of rotatable bonds is 6. The number of nitrogens with zero attached hydrogens (tertiary/aromatic N) is 1. The molecule has 0 heterocycles. The van der Waals surface area contributed by atoms with Gasteiger partial charge in [0.2, 0.25) is 0 Å². The molecule has 0 spiro atoms. The number of likely N-dealkylation sites (N-methyl/N-ethyl adjacent to an activating group) is 2. The molecular weight excluding hydrogens is 264 g/mol. The van der Waals surface area contributed by atoms with E-state index in [2.05, 4.69) is 5.32 Å². The monoisotopic (exact) mass is 284 g/mol. The van der Waals surface area contributed by atoms with Gasteiger partial charge in [-0.1, -0.05) is 6.07 Å². The molecule has 0 bridgehead atoms. The van der Waals surface area contributed by atoms with E-state index in [1.54, 1.807) is 18.2 Å². The highest BCUT2D eigenvalue weighted by molar-refractivity contribution is 7.80. The van der Waals surface area contributed by atoms with E-state index in [-0.39, 0.29) is 5.75 Å². The fraction of sp³-hybridized carbons (Fsp3) is 0.462. The van der Waals surface area contributed by atoms with Crippen molar-refractivity contribution in [1.29, 1.82) is 0 Å². The van der Waals surface area contributed by atoms with Gasteiger partial charge in [-0.25, -0.2) is 0 Å². The first kappa shape index (κ1) is 15.5. The number of phenols is 1. The zero-order valence-electron chi connectivity index (χ0n) is 11.5. The molecule has 0 aliphatic carbocycles.